The highest BCUT2D eigenvalue weighted by Crippen LogP contribution is 2.37. The molecule has 0 radical (unpaired) electrons. The molecule has 3 rings (SSSR count). The Labute approximate surface area is 107 Å². The van der Waals surface area contributed by atoms with Gasteiger partial charge in [-0.1, -0.05) is 6.92 Å². The number of hydrogen-bond acceptors (Lipinski definition) is 3. The fraction of sp³-hybridized carbons (Fsp3) is 0.667. The van der Waals surface area contributed by atoms with Gasteiger partial charge in [-0.2, -0.15) is 0 Å². The van der Waals surface area contributed by atoms with Crippen LogP contribution in [-0.4, -0.2) is 19.0 Å². The minimum Gasteiger partial charge on any atom is -0.346 e. The van der Waals surface area contributed by atoms with Crippen molar-refractivity contribution in [3.63, 3.8) is 0 Å². The maximum Gasteiger partial charge on any atom is 0.242 e. The van der Waals surface area contributed by atoms with Crippen LogP contribution >= 0.6 is 0 Å². The summed E-state index contributed by atoms with van der Waals surface area (Å²) in [4.78, 5) is 0.356. The molecule has 0 bridgehead atoms. The van der Waals surface area contributed by atoms with E-state index >= 15 is 0 Å². The lowest BCUT2D eigenvalue weighted by molar-refractivity contribution is 0.578. The molecule has 0 aliphatic heterocycles. The molecule has 1 heterocycles. The highest BCUT2D eigenvalue weighted by Gasteiger charge is 2.37. The van der Waals surface area contributed by atoms with E-state index in [9.17, 15) is 8.42 Å². The van der Waals surface area contributed by atoms with Crippen molar-refractivity contribution in [1.29, 1.82) is 0 Å². The minimum atomic E-state index is -3.37. The second-order valence-electron chi connectivity index (χ2n) is 5.45. The normalized spacial score (nSPS) is 27.4. The average Bonchev–Trinajstić information content (AvgIpc) is 3.21. The molecule has 1 aromatic rings. The Kier molecular flexibility index (Phi) is 2.76. The van der Waals surface area contributed by atoms with Gasteiger partial charge in [0.2, 0.25) is 10.0 Å². The SMILES string of the molecule is CC1CC1NS(=O)(=O)c1cc(CN)n(C2CC2)c1. The molecule has 2 atom stereocenters. The van der Waals surface area contributed by atoms with Crippen molar-refractivity contribution in [2.24, 2.45) is 11.7 Å². The number of nitrogens with two attached hydrogens (primary N) is 1. The van der Waals surface area contributed by atoms with E-state index in [-0.39, 0.29) is 6.04 Å². The lowest BCUT2D eigenvalue weighted by atomic mass is 10.4. The first-order chi connectivity index (χ1) is 8.51. The van der Waals surface area contributed by atoms with Crippen molar-refractivity contribution >= 4 is 10.0 Å². The third-order valence-electron chi connectivity index (χ3n) is 3.78. The van der Waals surface area contributed by atoms with E-state index in [4.69, 9.17) is 5.73 Å². The first-order valence-electron chi connectivity index (χ1n) is 6.44. The number of rotatable bonds is 5. The molecule has 2 aliphatic rings. The molecular weight excluding hydrogens is 250 g/mol. The number of aromatic nitrogens is 1. The van der Waals surface area contributed by atoms with Gasteiger partial charge in [-0.25, -0.2) is 13.1 Å². The summed E-state index contributed by atoms with van der Waals surface area (Å²) in [6, 6.07) is 2.27. The van der Waals surface area contributed by atoms with E-state index in [1.54, 1.807) is 12.3 Å². The van der Waals surface area contributed by atoms with E-state index in [2.05, 4.69) is 4.72 Å². The Bertz CT molecular complexity index is 560. The second kappa shape index (κ2) is 4.08. The summed E-state index contributed by atoms with van der Waals surface area (Å²) in [5.74, 6) is 0.458. The van der Waals surface area contributed by atoms with E-state index in [0.29, 0.717) is 23.4 Å². The number of hydrogen-bond donors (Lipinski definition) is 2. The van der Waals surface area contributed by atoms with Gasteiger partial charge in [-0.15, -0.1) is 0 Å². The van der Waals surface area contributed by atoms with Crippen molar-refractivity contribution in [2.45, 2.75) is 49.7 Å². The first kappa shape index (κ1) is 12.2. The number of nitrogens with one attached hydrogen (secondary N) is 1. The van der Waals surface area contributed by atoms with Crippen LogP contribution in [0.1, 0.15) is 37.9 Å². The summed E-state index contributed by atoms with van der Waals surface area (Å²) in [5.41, 5.74) is 6.58. The fourth-order valence-corrected chi connectivity index (χ4v) is 3.66. The van der Waals surface area contributed by atoms with Crippen LogP contribution < -0.4 is 10.5 Å². The summed E-state index contributed by atoms with van der Waals surface area (Å²) >= 11 is 0. The summed E-state index contributed by atoms with van der Waals surface area (Å²) in [6.45, 7) is 2.43. The third-order valence-corrected chi connectivity index (χ3v) is 5.24. The predicted octanol–water partition coefficient (Wildman–Crippen LogP) is 0.968. The van der Waals surface area contributed by atoms with Gasteiger partial charge in [-0.3, -0.25) is 0 Å². The van der Waals surface area contributed by atoms with Crippen LogP contribution in [0.25, 0.3) is 0 Å². The van der Waals surface area contributed by atoms with Crippen LogP contribution in [0.4, 0.5) is 0 Å². The van der Waals surface area contributed by atoms with E-state index in [1.165, 1.54) is 0 Å². The molecule has 2 saturated carbocycles. The Morgan fingerprint density at radius 3 is 2.67 bits per heavy atom. The van der Waals surface area contributed by atoms with Crippen LogP contribution in [0.5, 0.6) is 0 Å². The van der Waals surface area contributed by atoms with Gasteiger partial charge in [0, 0.05) is 30.5 Å². The molecule has 6 heteroatoms. The van der Waals surface area contributed by atoms with Gasteiger partial charge >= 0.3 is 0 Å². The standard InChI is InChI=1S/C12H19N3O2S/c1-8-4-12(8)14-18(16,17)11-5-10(6-13)15(7-11)9-2-3-9/h5,7-9,12,14H,2-4,6,13H2,1H3. The predicted molar refractivity (Wildman–Crippen MR) is 68.5 cm³/mol. The molecule has 2 aliphatic carbocycles. The van der Waals surface area contributed by atoms with Crippen molar-refractivity contribution in [2.75, 3.05) is 0 Å². The quantitative estimate of drug-likeness (QED) is 0.836. The molecule has 0 amide bonds. The largest absolute Gasteiger partial charge is 0.346 e. The maximum absolute atomic E-state index is 12.2. The zero-order valence-corrected chi connectivity index (χ0v) is 11.3. The Morgan fingerprint density at radius 2 is 2.17 bits per heavy atom. The molecule has 0 aromatic carbocycles. The molecule has 3 N–H and O–H groups in total. The van der Waals surface area contributed by atoms with Gasteiger partial charge in [-0.05, 0) is 31.2 Å². The van der Waals surface area contributed by atoms with Gasteiger partial charge < -0.3 is 10.3 Å². The highest BCUT2D eigenvalue weighted by atomic mass is 32.2. The Morgan fingerprint density at radius 1 is 1.50 bits per heavy atom. The molecule has 5 nitrogen and oxygen atoms in total. The summed E-state index contributed by atoms with van der Waals surface area (Å²) in [6.07, 6.45) is 4.91. The summed E-state index contributed by atoms with van der Waals surface area (Å²) in [5, 5.41) is 0. The number of nitrogens with zero attached hydrogens (tertiary/aromatic N) is 1. The van der Waals surface area contributed by atoms with Crippen LogP contribution in [-0.2, 0) is 16.6 Å². The van der Waals surface area contributed by atoms with Gasteiger partial charge in [0.1, 0.15) is 0 Å². The zero-order valence-electron chi connectivity index (χ0n) is 10.5. The fourth-order valence-electron chi connectivity index (χ4n) is 2.25. The van der Waals surface area contributed by atoms with Gasteiger partial charge in [0.25, 0.3) is 0 Å². The van der Waals surface area contributed by atoms with Gasteiger partial charge in [0.15, 0.2) is 0 Å². The summed E-state index contributed by atoms with van der Waals surface area (Å²) in [7, 11) is -3.37. The van der Waals surface area contributed by atoms with E-state index in [0.717, 1.165) is 25.0 Å². The molecule has 0 spiro atoms. The van der Waals surface area contributed by atoms with Crippen LogP contribution in [0.15, 0.2) is 17.2 Å². The monoisotopic (exact) mass is 269 g/mol. The van der Waals surface area contributed by atoms with Crippen LogP contribution in [0, 0.1) is 5.92 Å². The molecule has 1 aromatic heterocycles. The zero-order chi connectivity index (χ0) is 12.9. The average molecular weight is 269 g/mol. The van der Waals surface area contributed by atoms with Gasteiger partial charge in [0.05, 0.1) is 4.90 Å². The van der Waals surface area contributed by atoms with Crippen molar-refractivity contribution in [3.8, 4) is 0 Å². The molecule has 18 heavy (non-hydrogen) atoms. The molecule has 2 fully saturated rings. The second-order valence-corrected chi connectivity index (χ2v) is 7.16. The topological polar surface area (TPSA) is 77.1 Å². The van der Waals surface area contributed by atoms with Crippen molar-refractivity contribution in [1.82, 2.24) is 9.29 Å². The lowest BCUT2D eigenvalue weighted by Gasteiger charge is -2.04. The van der Waals surface area contributed by atoms with E-state index in [1.807, 2.05) is 11.5 Å². The molecular formula is C12H19N3O2S. The Balaban J connectivity index is 1.86. The first-order valence-corrected chi connectivity index (χ1v) is 7.92. The number of sulfonamides is 1. The van der Waals surface area contributed by atoms with Crippen LogP contribution in [0.2, 0.25) is 0 Å². The maximum atomic E-state index is 12.2. The molecule has 2 unspecified atom stereocenters. The van der Waals surface area contributed by atoms with E-state index < -0.39 is 10.0 Å². The minimum absolute atomic E-state index is 0.112. The van der Waals surface area contributed by atoms with Crippen molar-refractivity contribution in [3.05, 3.63) is 18.0 Å². The molecule has 100 valence electrons. The van der Waals surface area contributed by atoms with Crippen LogP contribution in [0.3, 0.4) is 0 Å². The summed E-state index contributed by atoms with van der Waals surface area (Å²) < 4.78 is 29.1. The lowest BCUT2D eigenvalue weighted by Crippen LogP contribution is -2.26. The van der Waals surface area contributed by atoms with Crippen molar-refractivity contribution < 1.29 is 8.42 Å². The Hall–Kier alpha value is -0.850. The highest BCUT2D eigenvalue weighted by molar-refractivity contribution is 7.89. The third kappa shape index (κ3) is 2.20. The molecule has 0 saturated heterocycles. The smallest absolute Gasteiger partial charge is 0.242 e.